The van der Waals surface area contributed by atoms with Gasteiger partial charge in [0.1, 0.15) is 17.8 Å². The number of alkyl halides is 1. The Morgan fingerprint density at radius 1 is 0.889 bits per heavy atom. The van der Waals surface area contributed by atoms with Crippen LogP contribution in [-0.2, 0) is 61.9 Å². The van der Waals surface area contributed by atoms with Gasteiger partial charge < -0.3 is 38.3 Å². The largest absolute Gasteiger partial charge is 0.459 e. The number of esters is 6. The summed E-state index contributed by atoms with van der Waals surface area (Å²) in [6.07, 6.45) is -6.63. The molecule has 12 atom stereocenters. The van der Waals surface area contributed by atoms with Crippen LogP contribution in [0.15, 0.2) is 24.3 Å². The Balaban J connectivity index is 2.17. The number of aliphatic hydroxyl groups is 1. The molecule has 2 aliphatic carbocycles. The molecule has 4 rings (SSSR count). The van der Waals surface area contributed by atoms with Crippen molar-refractivity contribution >= 4 is 47.4 Å². The first kappa shape index (κ1) is 34.4. The monoisotopic (exact) mass is 656 g/mol. The second kappa shape index (κ2) is 12.0. The molecule has 1 N–H and O–H groups in total. The van der Waals surface area contributed by atoms with Crippen LogP contribution in [0.3, 0.4) is 0 Å². The van der Waals surface area contributed by atoms with Gasteiger partial charge in [-0.3, -0.25) is 28.8 Å². The molecule has 1 saturated carbocycles. The Hall–Kier alpha value is -3.49. The molecule has 45 heavy (non-hydrogen) atoms. The fourth-order valence-corrected chi connectivity index (χ4v) is 7.50. The fourth-order valence-electron chi connectivity index (χ4n) is 7.17. The maximum atomic E-state index is 13.1. The van der Waals surface area contributed by atoms with Crippen molar-refractivity contribution in [1.82, 2.24) is 0 Å². The lowest BCUT2D eigenvalue weighted by molar-refractivity contribution is -0.280. The highest BCUT2D eigenvalue weighted by atomic mass is 35.5. The summed E-state index contributed by atoms with van der Waals surface area (Å²) in [5.41, 5.74) is -5.85. The Labute approximate surface area is 264 Å². The van der Waals surface area contributed by atoms with Gasteiger partial charge in [0, 0.05) is 40.5 Å². The van der Waals surface area contributed by atoms with E-state index >= 15 is 0 Å². The van der Waals surface area contributed by atoms with Crippen molar-refractivity contribution < 1.29 is 67.0 Å². The van der Waals surface area contributed by atoms with Crippen LogP contribution >= 0.6 is 11.6 Å². The molecule has 2 heterocycles. The van der Waals surface area contributed by atoms with E-state index in [-0.39, 0.29) is 12.2 Å². The predicted molar refractivity (Wildman–Crippen MR) is 150 cm³/mol. The topological polar surface area (TPSA) is 191 Å². The van der Waals surface area contributed by atoms with Crippen molar-refractivity contribution in [3.05, 3.63) is 24.3 Å². The van der Waals surface area contributed by atoms with Gasteiger partial charge in [-0.2, -0.15) is 0 Å². The number of epoxide rings is 1. The first-order valence-electron chi connectivity index (χ1n) is 14.3. The molecule has 2 aliphatic heterocycles. The van der Waals surface area contributed by atoms with Crippen LogP contribution in [-0.4, -0.2) is 101 Å². The molecule has 3 fully saturated rings. The molecule has 0 aromatic heterocycles. The van der Waals surface area contributed by atoms with E-state index in [9.17, 15) is 33.9 Å². The highest BCUT2D eigenvalue weighted by molar-refractivity contribution is 6.23. The van der Waals surface area contributed by atoms with Crippen LogP contribution in [0.2, 0.25) is 0 Å². The second-order valence-corrected chi connectivity index (χ2v) is 12.6. The summed E-state index contributed by atoms with van der Waals surface area (Å²) in [5, 5.41) is 11.4. The Kier molecular flexibility index (Phi) is 9.19. The van der Waals surface area contributed by atoms with Gasteiger partial charge in [0.15, 0.2) is 30.0 Å². The van der Waals surface area contributed by atoms with Gasteiger partial charge in [-0.25, -0.2) is 0 Å². The smallest absolute Gasteiger partial charge is 0.312 e. The molecular weight excluding hydrogens is 620 g/mol. The highest BCUT2D eigenvalue weighted by Crippen LogP contribution is 2.63. The summed E-state index contributed by atoms with van der Waals surface area (Å²) in [4.78, 5) is 76.3. The lowest BCUT2D eigenvalue weighted by atomic mass is 9.51. The normalized spacial score (nSPS) is 42.6. The first-order valence-corrected chi connectivity index (χ1v) is 14.7. The van der Waals surface area contributed by atoms with Crippen LogP contribution in [0.25, 0.3) is 0 Å². The molecule has 0 radical (unpaired) electrons. The average Bonchev–Trinajstić information content (AvgIpc) is 3.67. The molecule has 0 amide bonds. The van der Waals surface area contributed by atoms with Crippen LogP contribution in [0.5, 0.6) is 0 Å². The number of hydrogen-bond donors (Lipinski definition) is 1. The van der Waals surface area contributed by atoms with Crippen LogP contribution in [0, 0.1) is 17.3 Å². The number of allylic oxidation sites excluding steroid dienone is 1. The van der Waals surface area contributed by atoms with Gasteiger partial charge >= 0.3 is 35.8 Å². The first-order chi connectivity index (χ1) is 20.8. The zero-order valence-corrected chi connectivity index (χ0v) is 26.7. The van der Waals surface area contributed by atoms with Crippen LogP contribution < -0.4 is 0 Å². The zero-order chi connectivity index (χ0) is 33.8. The number of ether oxygens (including phenoxy) is 7. The third-order valence-corrected chi connectivity index (χ3v) is 9.57. The third-order valence-electron chi connectivity index (χ3n) is 9.06. The molecular formula is C30H37ClO14. The number of carbonyl (C=O) groups excluding carboxylic acids is 6. The van der Waals surface area contributed by atoms with Crippen molar-refractivity contribution in [2.24, 2.45) is 17.3 Å². The Morgan fingerprint density at radius 2 is 1.38 bits per heavy atom. The summed E-state index contributed by atoms with van der Waals surface area (Å²) in [6, 6.07) is 0. The minimum atomic E-state index is -2.41. The maximum Gasteiger partial charge on any atom is 0.312 e. The quantitative estimate of drug-likeness (QED) is 0.191. The standard InChI is InChI=1S/C30H37ClO14/c1-12-9-10-19(40-14(3)32)28(8)22(26(44-18(7)36)30(38)13(2)27(37)45-23(30)20(12)31)29(11-39-29)25(43-17(6)35)21(41-15(4)33)24(28)42-16(5)34/h9-10,13,19-26,38H,1,11H2,2-8H3/b10-9-/t13?,19?,20?,21?,22?,23?,24?,25?,26?,28-,29+,30-/m1/s1. The van der Waals surface area contributed by atoms with Gasteiger partial charge in [0.2, 0.25) is 0 Å². The lowest BCUT2D eigenvalue weighted by Crippen LogP contribution is -2.76. The van der Waals surface area contributed by atoms with E-state index in [4.69, 9.17) is 44.8 Å². The molecule has 15 heteroatoms. The van der Waals surface area contributed by atoms with E-state index in [1.165, 1.54) is 26.0 Å². The summed E-state index contributed by atoms with van der Waals surface area (Å²) in [6.45, 7) is 12.0. The predicted octanol–water partition coefficient (Wildman–Crippen LogP) is 1.08. The van der Waals surface area contributed by atoms with E-state index in [0.29, 0.717) is 0 Å². The number of halogens is 1. The molecule has 14 nitrogen and oxygen atoms in total. The van der Waals surface area contributed by atoms with E-state index < -0.39 is 106 Å². The number of carbonyl (C=O) groups is 6. The van der Waals surface area contributed by atoms with E-state index in [1.807, 2.05) is 0 Å². The van der Waals surface area contributed by atoms with Crippen LogP contribution in [0.4, 0.5) is 0 Å². The minimum absolute atomic E-state index is 0.120. The van der Waals surface area contributed by atoms with Crippen molar-refractivity contribution in [3.63, 3.8) is 0 Å². The molecule has 0 aromatic rings. The Morgan fingerprint density at radius 3 is 1.87 bits per heavy atom. The zero-order valence-electron chi connectivity index (χ0n) is 25.9. The molecule has 9 unspecified atom stereocenters. The van der Waals surface area contributed by atoms with Gasteiger partial charge in [-0.15, -0.1) is 11.6 Å². The minimum Gasteiger partial charge on any atom is -0.459 e. The molecule has 0 aromatic carbocycles. The van der Waals surface area contributed by atoms with E-state index in [0.717, 1.165) is 34.6 Å². The summed E-state index contributed by atoms with van der Waals surface area (Å²) in [7, 11) is 0. The van der Waals surface area contributed by atoms with Gasteiger partial charge in [0.25, 0.3) is 0 Å². The van der Waals surface area contributed by atoms with Gasteiger partial charge in [-0.05, 0) is 18.6 Å². The van der Waals surface area contributed by atoms with Crippen LogP contribution in [0.1, 0.15) is 48.5 Å². The number of rotatable bonds is 5. The summed E-state index contributed by atoms with van der Waals surface area (Å²) in [5.74, 6) is -7.91. The van der Waals surface area contributed by atoms with Crippen molar-refractivity contribution in [2.75, 3.05) is 6.61 Å². The number of hydrogen-bond acceptors (Lipinski definition) is 14. The summed E-state index contributed by atoms with van der Waals surface area (Å²) >= 11 is 6.75. The van der Waals surface area contributed by atoms with E-state index in [1.54, 1.807) is 0 Å². The van der Waals surface area contributed by atoms with Gasteiger partial charge in [-0.1, -0.05) is 19.6 Å². The maximum absolute atomic E-state index is 13.1. The van der Waals surface area contributed by atoms with Crippen molar-refractivity contribution in [2.45, 2.75) is 102 Å². The fraction of sp³-hybridized carbons (Fsp3) is 0.667. The molecule has 2 saturated heterocycles. The lowest BCUT2D eigenvalue weighted by Gasteiger charge is -2.59. The second-order valence-electron chi connectivity index (χ2n) is 12.1. The molecule has 4 aliphatic rings. The van der Waals surface area contributed by atoms with Gasteiger partial charge in [0.05, 0.1) is 23.3 Å². The number of fused-ring (bicyclic) bond motifs is 3. The SMILES string of the molecule is C=C1/C=C\C(OC(C)=O)[C@@]2(C)C(OC(C)=O)C(OC(C)=O)C(OC(C)=O)[C@]3(CO3)C2C(OC(C)=O)[C@@]2(O)C(C)C(=O)OC2C1Cl. The summed E-state index contributed by atoms with van der Waals surface area (Å²) < 4.78 is 40.5. The van der Waals surface area contributed by atoms with Crippen molar-refractivity contribution in [3.8, 4) is 0 Å². The highest BCUT2D eigenvalue weighted by Gasteiger charge is 2.81. The average molecular weight is 657 g/mol. The molecule has 248 valence electrons. The molecule has 1 spiro atoms. The van der Waals surface area contributed by atoms with Crippen molar-refractivity contribution in [1.29, 1.82) is 0 Å². The Bertz CT molecular complexity index is 1340. The third kappa shape index (κ3) is 5.72. The van der Waals surface area contributed by atoms with E-state index in [2.05, 4.69) is 6.58 Å². The molecule has 0 bridgehead atoms.